The fourth-order valence-corrected chi connectivity index (χ4v) is 3.02. The molecule has 0 atom stereocenters. The first-order valence-electron chi connectivity index (χ1n) is 8.51. The maximum absolute atomic E-state index is 13.8. The summed E-state index contributed by atoms with van der Waals surface area (Å²) in [4.78, 5) is 33.0. The van der Waals surface area contributed by atoms with Crippen molar-refractivity contribution in [2.75, 3.05) is 0 Å². The van der Waals surface area contributed by atoms with Gasteiger partial charge in [-0.05, 0) is 31.4 Å². The van der Waals surface area contributed by atoms with Gasteiger partial charge in [-0.15, -0.1) is 0 Å². The predicted octanol–water partition coefficient (Wildman–Crippen LogP) is 2.38. The molecule has 2 heterocycles. The van der Waals surface area contributed by atoms with Crippen LogP contribution in [0.4, 0.5) is 4.39 Å². The number of benzene rings is 1. The number of hydrogen-bond acceptors (Lipinski definition) is 4. The standard InChI is InChI=1S/C19H17FN4O2/c20-16-7-2-1-6-15(16)17-11-21-13(10-22-17)12-23-8-9-24(14-4-3-5-14)19(26)18(23)25/h1-2,6-11,14H,3-5,12H2. The molecule has 132 valence electrons. The van der Waals surface area contributed by atoms with Gasteiger partial charge in [0.05, 0.1) is 30.3 Å². The van der Waals surface area contributed by atoms with Crippen molar-refractivity contribution < 1.29 is 4.39 Å². The highest BCUT2D eigenvalue weighted by molar-refractivity contribution is 5.58. The van der Waals surface area contributed by atoms with E-state index in [1.54, 1.807) is 30.6 Å². The van der Waals surface area contributed by atoms with Crippen molar-refractivity contribution in [3.8, 4) is 11.3 Å². The minimum atomic E-state index is -0.570. The van der Waals surface area contributed by atoms with Gasteiger partial charge in [0.25, 0.3) is 0 Å². The summed E-state index contributed by atoms with van der Waals surface area (Å²) in [6.45, 7) is 0.143. The van der Waals surface area contributed by atoms with Crippen LogP contribution in [0.5, 0.6) is 0 Å². The predicted molar refractivity (Wildman–Crippen MR) is 94.4 cm³/mol. The fourth-order valence-electron chi connectivity index (χ4n) is 3.02. The molecule has 1 fully saturated rings. The van der Waals surface area contributed by atoms with Crippen LogP contribution in [0.15, 0.2) is 58.6 Å². The van der Waals surface area contributed by atoms with Gasteiger partial charge in [0, 0.05) is 24.0 Å². The smallest absolute Gasteiger partial charge is 0.306 e. The van der Waals surface area contributed by atoms with Crippen LogP contribution in [0.1, 0.15) is 31.0 Å². The first-order valence-corrected chi connectivity index (χ1v) is 8.51. The Morgan fingerprint density at radius 1 is 1.04 bits per heavy atom. The van der Waals surface area contributed by atoms with Crippen molar-refractivity contribution in [2.24, 2.45) is 0 Å². The topological polar surface area (TPSA) is 69.8 Å². The number of rotatable bonds is 4. The van der Waals surface area contributed by atoms with Gasteiger partial charge >= 0.3 is 11.1 Å². The van der Waals surface area contributed by atoms with Crippen LogP contribution in [0.2, 0.25) is 0 Å². The monoisotopic (exact) mass is 352 g/mol. The fraction of sp³-hybridized carbons (Fsp3) is 0.263. The van der Waals surface area contributed by atoms with Crippen molar-refractivity contribution in [1.29, 1.82) is 0 Å². The van der Waals surface area contributed by atoms with Crippen molar-refractivity contribution in [3.05, 3.63) is 81.3 Å². The average Bonchev–Trinajstić information content (AvgIpc) is 2.61. The van der Waals surface area contributed by atoms with E-state index in [0.717, 1.165) is 19.3 Å². The van der Waals surface area contributed by atoms with Crippen LogP contribution < -0.4 is 11.1 Å². The molecule has 4 rings (SSSR count). The lowest BCUT2D eigenvalue weighted by Crippen LogP contribution is -2.43. The summed E-state index contributed by atoms with van der Waals surface area (Å²) >= 11 is 0. The zero-order valence-electron chi connectivity index (χ0n) is 14.0. The lowest BCUT2D eigenvalue weighted by molar-refractivity contribution is 0.303. The Labute approximate surface area is 148 Å². The van der Waals surface area contributed by atoms with Gasteiger partial charge in [0.2, 0.25) is 0 Å². The molecule has 6 nitrogen and oxygen atoms in total. The quantitative estimate of drug-likeness (QED) is 0.676. The number of nitrogens with zero attached hydrogens (tertiary/aromatic N) is 4. The zero-order valence-corrected chi connectivity index (χ0v) is 14.0. The molecule has 3 aromatic rings. The molecule has 0 unspecified atom stereocenters. The van der Waals surface area contributed by atoms with Crippen LogP contribution in [0.3, 0.4) is 0 Å². The average molecular weight is 352 g/mol. The first kappa shape index (κ1) is 16.4. The highest BCUT2D eigenvalue weighted by Crippen LogP contribution is 2.29. The Hall–Kier alpha value is -3.09. The molecular formula is C19H17FN4O2. The third kappa shape index (κ3) is 2.96. The maximum Gasteiger partial charge on any atom is 0.316 e. The van der Waals surface area contributed by atoms with Gasteiger partial charge in [-0.1, -0.05) is 12.1 Å². The third-order valence-electron chi connectivity index (χ3n) is 4.74. The Morgan fingerprint density at radius 3 is 2.50 bits per heavy atom. The summed E-state index contributed by atoms with van der Waals surface area (Å²) in [5.74, 6) is -0.370. The maximum atomic E-state index is 13.8. The van der Waals surface area contributed by atoms with E-state index < -0.39 is 11.1 Å². The van der Waals surface area contributed by atoms with Gasteiger partial charge < -0.3 is 9.13 Å². The molecular weight excluding hydrogens is 335 g/mol. The molecule has 2 aromatic heterocycles. The van der Waals surface area contributed by atoms with E-state index in [4.69, 9.17) is 0 Å². The molecule has 1 saturated carbocycles. The van der Waals surface area contributed by atoms with Gasteiger partial charge in [-0.2, -0.15) is 0 Å². The van der Waals surface area contributed by atoms with Crippen molar-refractivity contribution in [3.63, 3.8) is 0 Å². The van der Waals surface area contributed by atoms with E-state index in [1.807, 2.05) is 0 Å². The Bertz CT molecular complexity index is 1050. The number of hydrogen-bond donors (Lipinski definition) is 0. The van der Waals surface area contributed by atoms with Gasteiger partial charge in [0.1, 0.15) is 5.82 Å². The number of aromatic nitrogens is 4. The largest absolute Gasteiger partial charge is 0.316 e. The third-order valence-corrected chi connectivity index (χ3v) is 4.74. The second-order valence-corrected chi connectivity index (χ2v) is 6.40. The second kappa shape index (κ2) is 6.67. The summed E-state index contributed by atoms with van der Waals surface area (Å²) in [5, 5.41) is 0. The van der Waals surface area contributed by atoms with E-state index in [0.29, 0.717) is 17.0 Å². The van der Waals surface area contributed by atoms with Crippen molar-refractivity contribution in [2.45, 2.75) is 31.8 Å². The van der Waals surface area contributed by atoms with Crippen LogP contribution in [0.25, 0.3) is 11.3 Å². The van der Waals surface area contributed by atoms with Gasteiger partial charge in [-0.25, -0.2) is 4.39 Å². The molecule has 0 saturated heterocycles. The molecule has 1 aliphatic rings. The highest BCUT2D eigenvalue weighted by atomic mass is 19.1. The van der Waals surface area contributed by atoms with Crippen LogP contribution in [-0.4, -0.2) is 19.1 Å². The summed E-state index contributed by atoms with van der Waals surface area (Å²) in [6.07, 6.45) is 9.19. The van der Waals surface area contributed by atoms with E-state index in [1.165, 1.54) is 27.6 Å². The van der Waals surface area contributed by atoms with Crippen molar-refractivity contribution in [1.82, 2.24) is 19.1 Å². The Kier molecular flexibility index (Phi) is 4.20. The number of halogens is 1. The second-order valence-electron chi connectivity index (χ2n) is 6.40. The van der Waals surface area contributed by atoms with Crippen LogP contribution >= 0.6 is 0 Å². The zero-order chi connectivity index (χ0) is 18.1. The normalized spacial score (nSPS) is 14.2. The molecule has 0 spiro atoms. The summed E-state index contributed by atoms with van der Waals surface area (Å²) in [7, 11) is 0. The van der Waals surface area contributed by atoms with Crippen LogP contribution in [-0.2, 0) is 6.54 Å². The Balaban J connectivity index is 1.58. The molecule has 0 bridgehead atoms. The Morgan fingerprint density at radius 2 is 1.85 bits per heavy atom. The molecule has 7 heteroatoms. The summed E-state index contributed by atoms with van der Waals surface area (Å²) in [6, 6.07) is 6.47. The molecule has 1 aromatic carbocycles. The first-order chi connectivity index (χ1) is 12.6. The highest BCUT2D eigenvalue weighted by Gasteiger charge is 2.21. The van der Waals surface area contributed by atoms with E-state index in [2.05, 4.69) is 9.97 Å². The molecule has 0 aliphatic heterocycles. The lowest BCUT2D eigenvalue weighted by atomic mass is 9.93. The van der Waals surface area contributed by atoms with Crippen molar-refractivity contribution >= 4 is 0 Å². The van der Waals surface area contributed by atoms with E-state index >= 15 is 0 Å². The SMILES string of the molecule is O=c1c(=O)n(C2CCC2)ccn1Cc1cnc(-c2ccccc2F)cn1. The molecule has 0 radical (unpaired) electrons. The minimum Gasteiger partial charge on any atom is -0.306 e. The van der Waals surface area contributed by atoms with E-state index in [9.17, 15) is 14.0 Å². The van der Waals surface area contributed by atoms with Gasteiger partial charge in [-0.3, -0.25) is 19.6 Å². The van der Waals surface area contributed by atoms with Gasteiger partial charge in [0.15, 0.2) is 0 Å². The lowest BCUT2D eigenvalue weighted by Gasteiger charge is -2.27. The molecule has 1 aliphatic carbocycles. The van der Waals surface area contributed by atoms with E-state index in [-0.39, 0.29) is 18.4 Å². The molecule has 26 heavy (non-hydrogen) atoms. The van der Waals surface area contributed by atoms with Crippen LogP contribution in [0, 0.1) is 5.82 Å². The summed E-state index contributed by atoms with van der Waals surface area (Å²) < 4.78 is 16.7. The summed E-state index contributed by atoms with van der Waals surface area (Å²) in [5.41, 5.74) is 0.229. The molecule has 0 amide bonds. The molecule has 0 N–H and O–H groups in total. The minimum absolute atomic E-state index is 0.143.